The van der Waals surface area contributed by atoms with E-state index in [1.807, 2.05) is 35.4 Å². The van der Waals surface area contributed by atoms with Crippen LogP contribution < -0.4 is 5.32 Å². The molecule has 0 radical (unpaired) electrons. The van der Waals surface area contributed by atoms with E-state index in [1.165, 1.54) is 0 Å². The summed E-state index contributed by atoms with van der Waals surface area (Å²) in [5, 5.41) is 4.83. The molecule has 2 aromatic heterocycles. The lowest BCUT2D eigenvalue weighted by atomic mass is 10.1. The monoisotopic (exact) mass is 343 g/mol. The standard InChI is InChI=1S/C18H21N3O2S/c1-13-14(6-7-15(20-13)16-5-4-12-24-16)18(23)19-9-8-17(22)21-10-2-3-11-21/h4-7,12H,2-3,8-11H2,1H3,(H,19,23). The summed E-state index contributed by atoms with van der Waals surface area (Å²) in [6.07, 6.45) is 2.52. The van der Waals surface area contributed by atoms with Crippen LogP contribution in [0.3, 0.4) is 0 Å². The molecule has 1 saturated heterocycles. The number of amides is 2. The fourth-order valence-electron chi connectivity index (χ4n) is 2.87. The van der Waals surface area contributed by atoms with Crippen molar-refractivity contribution < 1.29 is 9.59 Å². The lowest BCUT2D eigenvalue weighted by Gasteiger charge is -2.15. The Kier molecular flexibility index (Phi) is 5.25. The van der Waals surface area contributed by atoms with Gasteiger partial charge >= 0.3 is 0 Å². The molecule has 126 valence electrons. The minimum Gasteiger partial charge on any atom is -0.351 e. The molecule has 1 fully saturated rings. The van der Waals surface area contributed by atoms with Crippen molar-refractivity contribution in [2.75, 3.05) is 19.6 Å². The summed E-state index contributed by atoms with van der Waals surface area (Å²) in [5.74, 6) is -0.0531. The van der Waals surface area contributed by atoms with Crippen molar-refractivity contribution in [2.24, 2.45) is 0 Å². The minimum absolute atomic E-state index is 0.121. The summed E-state index contributed by atoms with van der Waals surface area (Å²) in [6, 6.07) is 7.66. The molecule has 3 rings (SSSR count). The third-order valence-corrected chi connectivity index (χ3v) is 5.08. The molecular weight excluding hydrogens is 322 g/mol. The maximum Gasteiger partial charge on any atom is 0.253 e. The van der Waals surface area contributed by atoms with Crippen molar-refractivity contribution in [3.05, 3.63) is 40.9 Å². The number of hydrogen-bond donors (Lipinski definition) is 1. The lowest BCUT2D eigenvalue weighted by Crippen LogP contribution is -2.33. The van der Waals surface area contributed by atoms with Gasteiger partial charge in [-0.15, -0.1) is 11.3 Å². The highest BCUT2D eigenvalue weighted by atomic mass is 32.1. The van der Waals surface area contributed by atoms with Gasteiger partial charge in [-0.3, -0.25) is 14.6 Å². The zero-order valence-electron chi connectivity index (χ0n) is 13.7. The zero-order chi connectivity index (χ0) is 16.9. The molecule has 0 spiro atoms. The number of carbonyl (C=O) groups is 2. The molecule has 1 aliphatic rings. The largest absolute Gasteiger partial charge is 0.351 e. The Morgan fingerprint density at radius 2 is 2.04 bits per heavy atom. The van der Waals surface area contributed by atoms with Gasteiger partial charge in [0.05, 0.1) is 21.8 Å². The normalized spacial score (nSPS) is 14.0. The number of aromatic nitrogens is 1. The van der Waals surface area contributed by atoms with Gasteiger partial charge in [0.15, 0.2) is 0 Å². The highest BCUT2D eigenvalue weighted by molar-refractivity contribution is 7.13. The van der Waals surface area contributed by atoms with Gasteiger partial charge < -0.3 is 10.2 Å². The van der Waals surface area contributed by atoms with Crippen molar-refractivity contribution >= 4 is 23.2 Å². The topological polar surface area (TPSA) is 62.3 Å². The SMILES string of the molecule is Cc1nc(-c2cccs2)ccc1C(=O)NCCC(=O)N1CCCC1. The number of nitrogens with one attached hydrogen (secondary N) is 1. The number of nitrogens with zero attached hydrogens (tertiary/aromatic N) is 2. The Labute approximate surface area is 145 Å². The second kappa shape index (κ2) is 7.57. The van der Waals surface area contributed by atoms with E-state index in [-0.39, 0.29) is 11.8 Å². The highest BCUT2D eigenvalue weighted by Gasteiger charge is 2.18. The van der Waals surface area contributed by atoms with Crippen molar-refractivity contribution in [1.82, 2.24) is 15.2 Å². The first-order valence-electron chi connectivity index (χ1n) is 8.22. The van der Waals surface area contributed by atoms with Gasteiger partial charge in [-0.05, 0) is 43.3 Å². The van der Waals surface area contributed by atoms with Crippen LogP contribution in [0.1, 0.15) is 35.3 Å². The van der Waals surface area contributed by atoms with E-state index < -0.39 is 0 Å². The Hall–Kier alpha value is -2.21. The van der Waals surface area contributed by atoms with Gasteiger partial charge in [0.25, 0.3) is 5.91 Å². The summed E-state index contributed by atoms with van der Waals surface area (Å²) < 4.78 is 0. The molecule has 24 heavy (non-hydrogen) atoms. The van der Waals surface area contributed by atoms with Crippen LogP contribution in [0.15, 0.2) is 29.6 Å². The van der Waals surface area contributed by atoms with E-state index >= 15 is 0 Å². The smallest absolute Gasteiger partial charge is 0.253 e. The number of hydrogen-bond acceptors (Lipinski definition) is 4. The van der Waals surface area contributed by atoms with Crippen LogP contribution in [-0.4, -0.2) is 41.3 Å². The van der Waals surface area contributed by atoms with Crippen LogP contribution in [-0.2, 0) is 4.79 Å². The number of aryl methyl sites for hydroxylation is 1. The van der Waals surface area contributed by atoms with Crippen LogP contribution >= 0.6 is 11.3 Å². The zero-order valence-corrected chi connectivity index (χ0v) is 14.6. The van der Waals surface area contributed by atoms with Crippen LogP contribution in [0.25, 0.3) is 10.6 Å². The van der Waals surface area contributed by atoms with Gasteiger partial charge in [-0.1, -0.05) is 6.07 Å². The third kappa shape index (κ3) is 3.82. The minimum atomic E-state index is -0.174. The van der Waals surface area contributed by atoms with E-state index in [2.05, 4.69) is 10.3 Å². The molecule has 0 bridgehead atoms. The van der Waals surface area contributed by atoms with Gasteiger partial charge in [0, 0.05) is 26.1 Å². The first kappa shape index (κ1) is 16.6. The molecule has 0 unspecified atom stereocenters. The lowest BCUT2D eigenvalue weighted by molar-refractivity contribution is -0.129. The molecular formula is C18H21N3O2S. The van der Waals surface area contributed by atoms with Gasteiger partial charge in [-0.2, -0.15) is 0 Å². The molecule has 5 nitrogen and oxygen atoms in total. The second-order valence-electron chi connectivity index (χ2n) is 5.90. The fraction of sp³-hybridized carbons (Fsp3) is 0.389. The van der Waals surface area contributed by atoms with E-state index in [9.17, 15) is 9.59 Å². The first-order valence-corrected chi connectivity index (χ1v) is 9.10. The molecule has 3 heterocycles. The van der Waals surface area contributed by atoms with Gasteiger partial charge in [0.1, 0.15) is 0 Å². The number of rotatable bonds is 5. The van der Waals surface area contributed by atoms with Crippen molar-refractivity contribution in [3.63, 3.8) is 0 Å². The van der Waals surface area contributed by atoms with Gasteiger partial charge in [-0.25, -0.2) is 0 Å². The maximum atomic E-state index is 12.3. The number of carbonyl (C=O) groups excluding carboxylic acids is 2. The quantitative estimate of drug-likeness (QED) is 0.908. The van der Waals surface area contributed by atoms with E-state index in [4.69, 9.17) is 0 Å². The average molecular weight is 343 g/mol. The summed E-state index contributed by atoms with van der Waals surface area (Å²) in [6.45, 7) is 3.89. The van der Waals surface area contributed by atoms with Crippen LogP contribution in [0.5, 0.6) is 0 Å². The van der Waals surface area contributed by atoms with Gasteiger partial charge in [0.2, 0.25) is 5.91 Å². The number of likely N-dealkylation sites (tertiary alicyclic amines) is 1. The molecule has 6 heteroatoms. The summed E-state index contributed by atoms with van der Waals surface area (Å²) in [4.78, 5) is 31.7. The van der Waals surface area contributed by atoms with Crippen molar-refractivity contribution in [2.45, 2.75) is 26.2 Å². The van der Waals surface area contributed by atoms with E-state index in [0.29, 0.717) is 24.2 Å². The molecule has 0 aromatic carbocycles. The molecule has 0 saturated carbocycles. The van der Waals surface area contributed by atoms with Crippen molar-refractivity contribution in [1.29, 1.82) is 0 Å². The molecule has 2 amide bonds. The van der Waals surface area contributed by atoms with Crippen LogP contribution in [0.2, 0.25) is 0 Å². The Morgan fingerprint density at radius 3 is 2.71 bits per heavy atom. The summed E-state index contributed by atoms with van der Waals surface area (Å²) in [5.41, 5.74) is 2.14. The molecule has 0 aliphatic carbocycles. The van der Waals surface area contributed by atoms with E-state index in [0.717, 1.165) is 36.5 Å². The van der Waals surface area contributed by atoms with Crippen LogP contribution in [0, 0.1) is 6.92 Å². The molecule has 0 atom stereocenters. The highest BCUT2D eigenvalue weighted by Crippen LogP contribution is 2.23. The number of pyridine rings is 1. The molecule has 1 aliphatic heterocycles. The first-order chi connectivity index (χ1) is 11.6. The third-order valence-electron chi connectivity index (χ3n) is 4.19. The van der Waals surface area contributed by atoms with Crippen LogP contribution in [0.4, 0.5) is 0 Å². The Morgan fingerprint density at radius 1 is 1.25 bits per heavy atom. The molecule has 1 N–H and O–H groups in total. The second-order valence-corrected chi connectivity index (χ2v) is 6.85. The molecule has 2 aromatic rings. The predicted molar refractivity (Wildman–Crippen MR) is 95.1 cm³/mol. The fourth-order valence-corrected chi connectivity index (χ4v) is 3.56. The summed E-state index contributed by atoms with van der Waals surface area (Å²) >= 11 is 1.62. The Balaban J connectivity index is 1.56. The van der Waals surface area contributed by atoms with E-state index in [1.54, 1.807) is 17.4 Å². The predicted octanol–water partition coefficient (Wildman–Crippen LogP) is 2.86. The number of thiophene rings is 1. The Bertz CT molecular complexity index is 722. The maximum absolute atomic E-state index is 12.3. The summed E-state index contributed by atoms with van der Waals surface area (Å²) in [7, 11) is 0. The van der Waals surface area contributed by atoms with Crippen molar-refractivity contribution in [3.8, 4) is 10.6 Å². The average Bonchev–Trinajstić information content (AvgIpc) is 3.28.